The first-order valence-corrected chi connectivity index (χ1v) is 15.7. The third-order valence-electron chi connectivity index (χ3n) is 8.38. The summed E-state index contributed by atoms with van der Waals surface area (Å²) in [6, 6.07) is 16.7. The SMILES string of the molecule is Cc1cc(C(=O)N2CCCCN(C(=O)c3nn(C)c(=O)c4ccccc34)CCCn3ccnc3-c3cccc(c3)OCC2)c(C)o1. The molecule has 1 aliphatic rings. The minimum absolute atomic E-state index is 0.111. The van der Waals surface area contributed by atoms with Crippen LogP contribution in [-0.4, -0.2) is 73.7 Å². The average molecular weight is 623 g/mol. The van der Waals surface area contributed by atoms with Gasteiger partial charge in [0.2, 0.25) is 0 Å². The van der Waals surface area contributed by atoms with Gasteiger partial charge in [0.15, 0.2) is 5.69 Å². The van der Waals surface area contributed by atoms with E-state index < -0.39 is 0 Å². The van der Waals surface area contributed by atoms with Crippen LogP contribution in [0.1, 0.15) is 51.6 Å². The first kappa shape index (κ1) is 30.8. The monoisotopic (exact) mass is 622 g/mol. The number of aromatic nitrogens is 4. The van der Waals surface area contributed by atoms with Crippen LogP contribution in [0.15, 0.2) is 76.2 Å². The van der Waals surface area contributed by atoms with E-state index >= 15 is 0 Å². The molecule has 0 fully saturated rings. The molecule has 1 aliphatic heterocycles. The molecule has 0 atom stereocenters. The fourth-order valence-corrected chi connectivity index (χ4v) is 6.04. The van der Waals surface area contributed by atoms with E-state index in [1.807, 2.05) is 48.4 Å². The Hall–Kier alpha value is -5.19. The second-order valence-corrected chi connectivity index (χ2v) is 11.6. The van der Waals surface area contributed by atoms with Crippen LogP contribution in [0.3, 0.4) is 0 Å². The van der Waals surface area contributed by atoms with Crippen LogP contribution < -0.4 is 10.3 Å². The van der Waals surface area contributed by atoms with Gasteiger partial charge in [-0.15, -0.1) is 0 Å². The predicted molar refractivity (Wildman–Crippen MR) is 174 cm³/mol. The lowest BCUT2D eigenvalue weighted by molar-refractivity contribution is 0.0701. The molecule has 0 radical (unpaired) electrons. The summed E-state index contributed by atoms with van der Waals surface area (Å²) in [5.74, 6) is 2.44. The average Bonchev–Trinajstić information content (AvgIpc) is 3.67. The van der Waals surface area contributed by atoms with Crippen molar-refractivity contribution in [3.05, 3.63) is 100 Å². The van der Waals surface area contributed by atoms with Gasteiger partial charge >= 0.3 is 0 Å². The summed E-state index contributed by atoms with van der Waals surface area (Å²) in [4.78, 5) is 48.7. The molecule has 2 bridgehead atoms. The molecule has 0 N–H and O–H groups in total. The van der Waals surface area contributed by atoms with Crippen molar-refractivity contribution in [3.8, 4) is 17.1 Å². The third kappa shape index (κ3) is 6.44. The molecule has 11 nitrogen and oxygen atoms in total. The van der Waals surface area contributed by atoms with Crippen molar-refractivity contribution in [3.63, 3.8) is 0 Å². The van der Waals surface area contributed by atoms with Gasteiger partial charge in [0.1, 0.15) is 29.7 Å². The van der Waals surface area contributed by atoms with E-state index in [9.17, 15) is 14.4 Å². The number of carbonyl (C=O) groups excluding carboxylic acids is 2. The van der Waals surface area contributed by atoms with Crippen LogP contribution in [0, 0.1) is 13.8 Å². The van der Waals surface area contributed by atoms with E-state index in [0.717, 1.165) is 11.4 Å². The van der Waals surface area contributed by atoms with Gasteiger partial charge in [-0.2, -0.15) is 5.10 Å². The van der Waals surface area contributed by atoms with Gasteiger partial charge in [-0.05, 0) is 57.4 Å². The molecule has 46 heavy (non-hydrogen) atoms. The van der Waals surface area contributed by atoms with Crippen LogP contribution in [0.25, 0.3) is 22.2 Å². The first-order chi connectivity index (χ1) is 22.3. The Morgan fingerprint density at radius 1 is 0.826 bits per heavy atom. The third-order valence-corrected chi connectivity index (χ3v) is 8.38. The van der Waals surface area contributed by atoms with E-state index in [0.29, 0.717) is 92.2 Å². The maximum absolute atomic E-state index is 14.1. The number of imidazole rings is 1. The van der Waals surface area contributed by atoms with Gasteiger partial charge in [0.25, 0.3) is 17.4 Å². The number of hydrogen-bond acceptors (Lipinski definition) is 7. The summed E-state index contributed by atoms with van der Waals surface area (Å²) in [5, 5.41) is 5.41. The molecule has 0 spiro atoms. The smallest absolute Gasteiger partial charge is 0.274 e. The Balaban J connectivity index is 1.30. The molecule has 2 amide bonds. The zero-order chi connectivity index (χ0) is 32.2. The summed E-state index contributed by atoms with van der Waals surface area (Å²) >= 11 is 0. The number of ether oxygens (including phenoxy) is 1. The molecule has 5 aromatic rings. The number of hydrogen-bond donors (Lipinski definition) is 0. The Kier molecular flexibility index (Phi) is 9.00. The van der Waals surface area contributed by atoms with E-state index in [4.69, 9.17) is 9.15 Å². The topological polar surface area (TPSA) is 116 Å². The Labute approximate surface area is 267 Å². The summed E-state index contributed by atoms with van der Waals surface area (Å²) in [6.07, 6.45) is 5.73. The summed E-state index contributed by atoms with van der Waals surface area (Å²) < 4.78 is 15.1. The highest BCUT2D eigenvalue weighted by Gasteiger charge is 2.24. The molecular weight excluding hydrogens is 584 g/mol. The normalized spacial score (nSPS) is 14.8. The highest BCUT2D eigenvalue weighted by atomic mass is 16.5. The van der Waals surface area contributed by atoms with Gasteiger partial charge in [0.05, 0.1) is 17.5 Å². The summed E-state index contributed by atoms with van der Waals surface area (Å²) in [6.45, 7) is 6.42. The van der Waals surface area contributed by atoms with Gasteiger partial charge < -0.3 is 23.5 Å². The molecule has 4 heterocycles. The highest BCUT2D eigenvalue weighted by molar-refractivity contribution is 6.04. The quantitative estimate of drug-likeness (QED) is 0.276. The van der Waals surface area contributed by atoms with E-state index in [-0.39, 0.29) is 23.1 Å². The molecule has 0 saturated carbocycles. The fourth-order valence-electron chi connectivity index (χ4n) is 6.04. The Morgan fingerprint density at radius 2 is 1.57 bits per heavy atom. The second kappa shape index (κ2) is 13.4. The number of furan rings is 1. The van der Waals surface area contributed by atoms with Crippen molar-refractivity contribution in [1.29, 1.82) is 0 Å². The molecule has 0 unspecified atom stereocenters. The number of amides is 2. The van der Waals surface area contributed by atoms with Gasteiger partial charge in [0, 0.05) is 56.6 Å². The minimum Gasteiger partial charge on any atom is -0.492 e. The minimum atomic E-state index is -0.246. The van der Waals surface area contributed by atoms with Crippen molar-refractivity contribution >= 4 is 22.6 Å². The lowest BCUT2D eigenvalue weighted by Crippen LogP contribution is -2.37. The molecule has 0 aliphatic carbocycles. The summed E-state index contributed by atoms with van der Waals surface area (Å²) in [7, 11) is 1.57. The van der Waals surface area contributed by atoms with Crippen LogP contribution in [0.5, 0.6) is 5.75 Å². The Bertz CT molecular complexity index is 1940. The van der Waals surface area contributed by atoms with E-state index in [2.05, 4.69) is 14.6 Å². The predicted octanol–water partition coefficient (Wildman–Crippen LogP) is 4.85. The zero-order valence-electron chi connectivity index (χ0n) is 26.4. The number of benzene rings is 2. The van der Waals surface area contributed by atoms with Crippen molar-refractivity contribution < 1.29 is 18.7 Å². The molecule has 0 saturated heterocycles. The largest absolute Gasteiger partial charge is 0.492 e. The lowest BCUT2D eigenvalue weighted by atomic mass is 10.1. The van der Waals surface area contributed by atoms with Crippen LogP contribution in [-0.2, 0) is 13.6 Å². The van der Waals surface area contributed by atoms with Crippen LogP contribution in [0.4, 0.5) is 0 Å². The standard InChI is InChI=1S/C35H38N6O5/c1-24-22-30(25(2)46-24)34(43)41-16-7-6-15-40(35(44)31-28-12-4-5-13-29(28)33(42)38(3)37-31)18-9-17-39-19-14-36-32(39)26-10-8-11-27(23-26)45-21-20-41/h4-5,8,10-14,19,22-23H,6-7,9,15-18,20-21H2,1-3H3. The summed E-state index contributed by atoms with van der Waals surface area (Å²) in [5.41, 5.74) is 1.47. The second-order valence-electron chi connectivity index (χ2n) is 11.6. The van der Waals surface area contributed by atoms with Crippen molar-refractivity contribution in [1.82, 2.24) is 29.1 Å². The lowest BCUT2D eigenvalue weighted by Gasteiger charge is -2.25. The molecule has 2 aromatic carbocycles. The van der Waals surface area contributed by atoms with Crippen molar-refractivity contribution in [2.24, 2.45) is 7.05 Å². The molecular formula is C35H38N6O5. The number of carbonyl (C=O) groups is 2. The molecule has 11 heteroatoms. The molecule has 6 rings (SSSR count). The van der Waals surface area contributed by atoms with Gasteiger partial charge in [-0.1, -0.05) is 30.3 Å². The first-order valence-electron chi connectivity index (χ1n) is 15.7. The highest BCUT2D eigenvalue weighted by Crippen LogP contribution is 2.24. The van der Waals surface area contributed by atoms with Crippen molar-refractivity contribution in [2.45, 2.75) is 39.7 Å². The van der Waals surface area contributed by atoms with Crippen LogP contribution in [0.2, 0.25) is 0 Å². The van der Waals surface area contributed by atoms with E-state index in [1.54, 1.807) is 49.3 Å². The number of aryl methyl sites for hydroxylation is 4. The van der Waals surface area contributed by atoms with Crippen molar-refractivity contribution in [2.75, 3.05) is 32.8 Å². The fraction of sp³-hybridized carbons (Fsp3) is 0.343. The molecule has 3 aromatic heterocycles. The van der Waals surface area contributed by atoms with Gasteiger partial charge in [-0.25, -0.2) is 9.67 Å². The van der Waals surface area contributed by atoms with E-state index in [1.165, 1.54) is 4.68 Å². The Morgan fingerprint density at radius 3 is 2.33 bits per heavy atom. The number of fused-ring (bicyclic) bond motifs is 5. The maximum atomic E-state index is 14.1. The zero-order valence-corrected chi connectivity index (χ0v) is 26.4. The van der Waals surface area contributed by atoms with Gasteiger partial charge in [-0.3, -0.25) is 14.4 Å². The number of nitrogens with zero attached hydrogens (tertiary/aromatic N) is 6. The number of rotatable bonds is 2. The molecule has 238 valence electrons. The van der Waals surface area contributed by atoms with Crippen LogP contribution >= 0.6 is 0 Å². The maximum Gasteiger partial charge on any atom is 0.274 e.